The summed E-state index contributed by atoms with van der Waals surface area (Å²) in [6.07, 6.45) is 7.42. The SMILES string of the molecule is CCC1(C[C@H]2C[C@](C)(O[Si](CC)(CC)CC)C[C@@]3(C[C@@H](OCOCC[Si](C)(C)C)C[C@H](CCOCc4ccccc4Br)O3)O2)SCCCS1. The van der Waals surface area contributed by atoms with Crippen molar-refractivity contribution in [1.82, 2.24) is 0 Å². The first-order valence-corrected chi connectivity index (χ1v) is 28.1. The smallest absolute Gasteiger partial charge is 0.192 e. The molecule has 4 rings (SSSR count). The highest BCUT2D eigenvalue weighted by molar-refractivity contribution is 9.10. The Labute approximate surface area is 318 Å². The van der Waals surface area contributed by atoms with E-state index >= 15 is 0 Å². The number of benzene rings is 1. The molecule has 0 unspecified atom stereocenters. The molecule has 0 N–H and O–H groups in total. The summed E-state index contributed by atoms with van der Waals surface area (Å²) in [6.45, 7) is 21.2. The van der Waals surface area contributed by atoms with Gasteiger partial charge in [-0.2, -0.15) is 0 Å². The van der Waals surface area contributed by atoms with Gasteiger partial charge in [0.15, 0.2) is 14.1 Å². The lowest BCUT2D eigenvalue weighted by atomic mass is 9.81. The van der Waals surface area contributed by atoms with Crippen LogP contribution in [0.3, 0.4) is 0 Å². The van der Waals surface area contributed by atoms with Crippen molar-refractivity contribution in [2.75, 3.05) is 31.5 Å². The van der Waals surface area contributed by atoms with Crippen LogP contribution in [0.2, 0.25) is 43.8 Å². The number of hydrogen-bond acceptors (Lipinski definition) is 8. The average molecular weight is 820 g/mol. The zero-order valence-electron chi connectivity index (χ0n) is 31.9. The van der Waals surface area contributed by atoms with Gasteiger partial charge in [-0.05, 0) is 79.9 Å². The van der Waals surface area contributed by atoms with E-state index in [0.717, 1.165) is 79.3 Å². The quantitative estimate of drug-likeness (QED) is 0.0777. The molecule has 5 atom stereocenters. The van der Waals surface area contributed by atoms with Gasteiger partial charge >= 0.3 is 0 Å². The van der Waals surface area contributed by atoms with Gasteiger partial charge in [0.2, 0.25) is 0 Å². The fraction of sp³-hybridized carbons (Fsp3) is 0.842. The fourth-order valence-electron chi connectivity index (χ4n) is 7.83. The molecule has 3 aliphatic rings. The second kappa shape index (κ2) is 19.3. The Morgan fingerprint density at radius 3 is 2.27 bits per heavy atom. The van der Waals surface area contributed by atoms with Crippen LogP contribution >= 0.6 is 39.5 Å². The molecule has 0 radical (unpaired) electrons. The predicted octanol–water partition coefficient (Wildman–Crippen LogP) is 11.3. The van der Waals surface area contributed by atoms with Crippen molar-refractivity contribution in [3.63, 3.8) is 0 Å². The van der Waals surface area contributed by atoms with Crippen LogP contribution in [0.5, 0.6) is 0 Å². The van der Waals surface area contributed by atoms with Gasteiger partial charge in [0.05, 0.1) is 34.6 Å². The Bertz CT molecular complexity index is 1130. The lowest BCUT2D eigenvalue weighted by molar-refractivity contribution is -0.354. The number of rotatable bonds is 19. The maximum absolute atomic E-state index is 7.48. The number of hydrogen-bond donors (Lipinski definition) is 0. The number of ether oxygens (including phenoxy) is 5. The van der Waals surface area contributed by atoms with E-state index in [2.05, 4.69) is 112 Å². The van der Waals surface area contributed by atoms with Crippen LogP contribution in [0, 0.1) is 0 Å². The van der Waals surface area contributed by atoms with Crippen LogP contribution in [-0.4, -0.2) is 81.7 Å². The van der Waals surface area contributed by atoms with E-state index in [4.69, 9.17) is 28.1 Å². The first-order valence-electron chi connectivity index (χ1n) is 19.1. The molecule has 49 heavy (non-hydrogen) atoms. The number of halogens is 1. The van der Waals surface area contributed by atoms with Crippen LogP contribution in [0.1, 0.15) is 91.5 Å². The van der Waals surface area contributed by atoms with Crippen molar-refractivity contribution in [1.29, 1.82) is 0 Å². The molecule has 0 amide bonds. The topological polar surface area (TPSA) is 55.4 Å². The molecule has 3 saturated heterocycles. The summed E-state index contributed by atoms with van der Waals surface area (Å²) >= 11 is 7.96. The van der Waals surface area contributed by atoms with Gasteiger partial charge in [0.1, 0.15) is 6.79 Å². The van der Waals surface area contributed by atoms with E-state index < -0.39 is 22.2 Å². The first kappa shape index (κ1) is 42.3. The summed E-state index contributed by atoms with van der Waals surface area (Å²) < 4.78 is 42.1. The van der Waals surface area contributed by atoms with Crippen LogP contribution < -0.4 is 0 Å². The van der Waals surface area contributed by atoms with Crippen molar-refractivity contribution in [3.05, 3.63) is 34.3 Å². The van der Waals surface area contributed by atoms with Gasteiger partial charge in [-0.1, -0.05) is 81.5 Å². The molecule has 3 fully saturated rings. The normalized spacial score (nSPS) is 29.4. The first-order chi connectivity index (χ1) is 23.3. The third-order valence-electron chi connectivity index (χ3n) is 10.8. The summed E-state index contributed by atoms with van der Waals surface area (Å²) in [5.74, 6) is 1.70. The Balaban J connectivity index is 1.55. The fourth-order valence-corrected chi connectivity index (χ4v) is 15.5. The zero-order valence-corrected chi connectivity index (χ0v) is 37.1. The van der Waals surface area contributed by atoms with Crippen molar-refractivity contribution < 1.29 is 28.1 Å². The molecular formula is C38H67BrO6S2Si2. The molecule has 3 aliphatic heterocycles. The maximum atomic E-state index is 7.48. The highest BCUT2D eigenvalue weighted by Crippen LogP contribution is 2.53. The third-order valence-corrected chi connectivity index (χ3v) is 21.7. The molecule has 6 nitrogen and oxygen atoms in total. The van der Waals surface area contributed by atoms with Crippen molar-refractivity contribution >= 4 is 55.8 Å². The summed E-state index contributed by atoms with van der Waals surface area (Å²) in [6, 6.07) is 12.8. The lowest BCUT2D eigenvalue weighted by Crippen LogP contribution is -2.61. The Hall–Kier alpha value is 0.594. The van der Waals surface area contributed by atoms with E-state index in [1.54, 1.807) is 0 Å². The Kier molecular flexibility index (Phi) is 16.6. The molecule has 1 aromatic carbocycles. The van der Waals surface area contributed by atoms with Crippen molar-refractivity contribution in [2.45, 2.75) is 170 Å². The predicted molar refractivity (Wildman–Crippen MR) is 217 cm³/mol. The van der Waals surface area contributed by atoms with E-state index in [-0.39, 0.29) is 28.0 Å². The minimum atomic E-state index is -1.90. The maximum Gasteiger partial charge on any atom is 0.192 e. The molecule has 1 spiro atoms. The van der Waals surface area contributed by atoms with Crippen molar-refractivity contribution in [3.8, 4) is 0 Å². The van der Waals surface area contributed by atoms with E-state index in [1.165, 1.54) is 17.9 Å². The molecule has 1 aromatic rings. The second-order valence-electron chi connectivity index (χ2n) is 16.1. The number of thioether (sulfide) groups is 2. The standard InChI is InChI=1S/C38H67BrO6S2Si2/c1-9-38(46-21-15-22-47-38)27-34-25-36(5,45-49(10-2,11-3)12-4)29-37(44-34)26-33(42-30-41-20-23-48(6,7)8)24-32(43-37)18-19-40-28-31-16-13-14-17-35(31)39/h13-14,16-17,32-34H,9-12,15,18-30H2,1-8H3/t32-,33-,34+,36-,37+/m0/s1. The van der Waals surface area contributed by atoms with E-state index in [0.29, 0.717) is 26.4 Å². The molecule has 0 saturated carbocycles. The minimum Gasteiger partial charge on any atom is -0.411 e. The lowest BCUT2D eigenvalue weighted by Gasteiger charge is -2.56. The van der Waals surface area contributed by atoms with Gasteiger partial charge in [0.25, 0.3) is 0 Å². The van der Waals surface area contributed by atoms with Gasteiger partial charge in [-0.25, -0.2) is 0 Å². The molecule has 0 bridgehead atoms. The van der Waals surface area contributed by atoms with Crippen LogP contribution in [-0.2, 0) is 34.7 Å². The van der Waals surface area contributed by atoms with E-state index in [1.807, 2.05) is 6.07 Å². The summed E-state index contributed by atoms with van der Waals surface area (Å²) in [5.41, 5.74) is 0.845. The monoisotopic (exact) mass is 818 g/mol. The Morgan fingerprint density at radius 2 is 1.61 bits per heavy atom. The van der Waals surface area contributed by atoms with Gasteiger partial charge in [-0.15, -0.1) is 23.5 Å². The molecular weight excluding hydrogens is 753 g/mol. The largest absolute Gasteiger partial charge is 0.411 e. The molecule has 0 aliphatic carbocycles. The second-order valence-corrected chi connectivity index (χ2v) is 30.5. The summed E-state index contributed by atoms with van der Waals surface area (Å²) in [5, 5.41) is 0. The van der Waals surface area contributed by atoms with Crippen LogP contribution in [0.25, 0.3) is 0 Å². The molecule has 3 heterocycles. The summed E-state index contributed by atoms with van der Waals surface area (Å²) in [7, 11) is -3.07. The summed E-state index contributed by atoms with van der Waals surface area (Å²) in [4.78, 5) is 0. The van der Waals surface area contributed by atoms with E-state index in [9.17, 15) is 0 Å². The average Bonchev–Trinajstić information content (AvgIpc) is 3.05. The molecule has 282 valence electrons. The third kappa shape index (κ3) is 12.9. The van der Waals surface area contributed by atoms with Crippen LogP contribution in [0.4, 0.5) is 0 Å². The molecule has 0 aromatic heterocycles. The highest BCUT2D eigenvalue weighted by atomic mass is 79.9. The van der Waals surface area contributed by atoms with Gasteiger partial charge in [0, 0.05) is 51.4 Å². The molecule has 11 heteroatoms. The minimum absolute atomic E-state index is 0.0130. The van der Waals surface area contributed by atoms with Gasteiger partial charge in [-0.3, -0.25) is 0 Å². The Morgan fingerprint density at radius 1 is 0.918 bits per heavy atom. The van der Waals surface area contributed by atoms with Gasteiger partial charge < -0.3 is 28.1 Å². The highest BCUT2D eigenvalue weighted by Gasteiger charge is 2.56. The van der Waals surface area contributed by atoms with Crippen molar-refractivity contribution in [2.24, 2.45) is 0 Å². The van der Waals surface area contributed by atoms with Crippen LogP contribution in [0.15, 0.2) is 28.7 Å². The zero-order chi connectivity index (χ0) is 35.6.